The number of nitrogens with zero attached hydrogens (tertiary/aromatic N) is 1. The summed E-state index contributed by atoms with van der Waals surface area (Å²) in [5, 5.41) is 0. The highest BCUT2D eigenvalue weighted by molar-refractivity contribution is 7.87. The number of hydrogen-bond donors (Lipinski definition) is 0. The quantitative estimate of drug-likeness (QED) is 0.603. The number of alkyl halides is 3. The molecule has 134 valence electrons. The molecule has 1 aliphatic rings. The zero-order valence-electron chi connectivity index (χ0n) is 12.6. The third kappa shape index (κ3) is 3.69. The Labute approximate surface area is 140 Å². The van der Waals surface area contributed by atoms with E-state index >= 15 is 0 Å². The topological polar surface area (TPSA) is 76.8 Å². The molecule has 0 fully saturated rings. The van der Waals surface area contributed by atoms with Gasteiger partial charge < -0.3 is 8.60 Å². The Morgan fingerprint density at radius 1 is 1.16 bits per heavy atom. The van der Waals surface area contributed by atoms with Gasteiger partial charge in [-0.15, -0.1) is 0 Å². The molecule has 6 nitrogen and oxygen atoms in total. The van der Waals surface area contributed by atoms with E-state index < -0.39 is 26.8 Å². The number of fused-ring (bicyclic) bond motifs is 1. The van der Waals surface area contributed by atoms with Crippen molar-refractivity contribution >= 4 is 10.1 Å². The van der Waals surface area contributed by atoms with E-state index in [-0.39, 0.29) is 12.3 Å². The monoisotopic (exact) mass is 375 g/mol. The van der Waals surface area contributed by atoms with Gasteiger partial charge in [-0.1, -0.05) is 24.3 Å². The molecule has 0 radical (unpaired) electrons. The predicted molar refractivity (Wildman–Crippen MR) is 80.0 cm³/mol. The van der Waals surface area contributed by atoms with E-state index in [0.29, 0.717) is 19.4 Å². The second-order valence-corrected chi connectivity index (χ2v) is 7.01. The van der Waals surface area contributed by atoms with Gasteiger partial charge in [-0.05, 0) is 11.1 Å². The minimum atomic E-state index is -5.92. The van der Waals surface area contributed by atoms with Crippen LogP contribution in [0.15, 0.2) is 45.8 Å². The Bertz CT molecular complexity index is 927. The van der Waals surface area contributed by atoms with Crippen LogP contribution >= 0.6 is 0 Å². The molecule has 0 bridgehead atoms. The van der Waals surface area contributed by atoms with E-state index in [1.165, 1.54) is 0 Å². The van der Waals surface area contributed by atoms with Crippen molar-refractivity contribution in [3.05, 3.63) is 63.7 Å². The summed E-state index contributed by atoms with van der Waals surface area (Å²) in [5.74, 6) is -0.847. The van der Waals surface area contributed by atoms with Crippen LogP contribution in [0.5, 0.6) is 5.75 Å². The van der Waals surface area contributed by atoms with Crippen LogP contribution in [0.1, 0.15) is 16.9 Å². The Hall–Kier alpha value is -2.33. The Balaban J connectivity index is 1.72. The molecule has 0 aliphatic carbocycles. The highest BCUT2D eigenvalue weighted by Crippen LogP contribution is 2.26. The summed E-state index contributed by atoms with van der Waals surface area (Å²) in [6.45, 7) is 1.53. The molecule has 1 aliphatic heterocycles. The predicted octanol–water partition coefficient (Wildman–Crippen LogP) is 2.38. The maximum atomic E-state index is 12.3. The van der Waals surface area contributed by atoms with Crippen LogP contribution in [0.2, 0.25) is 0 Å². The van der Waals surface area contributed by atoms with Gasteiger partial charge in [-0.25, -0.2) is 0 Å². The van der Waals surface area contributed by atoms with E-state index in [9.17, 15) is 26.4 Å². The first-order chi connectivity index (χ1) is 11.7. The maximum absolute atomic E-state index is 12.3. The largest absolute Gasteiger partial charge is 0.534 e. The molecule has 25 heavy (non-hydrogen) atoms. The molecule has 2 heterocycles. The lowest BCUT2D eigenvalue weighted by molar-refractivity contribution is -0.0500. The number of hydrogen-bond acceptors (Lipinski definition) is 6. The molecule has 1 aromatic heterocycles. The van der Waals surface area contributed by atoms with Crippen LogP contribution in [0.4, 0.5) is 13.2 Å². The summed E-state index contributed by atoms with van der Waals surface area (Å²) < 4.78 is 67.5. The van der Waals surface area contributed by atoms with Crippen molar-refractivity contribution in [1.29, 1.82) is 0 Å². The Kier molecular flexibility index (Phi) is 4.33. The van der Waals surface area contributed by atoms with Gasteiger partial charge in [0, 0.05) is 19.2 Å². The highest BCUT2D eigenvalue weighted by atomic mass is 32.2. The molecule has 0 saturated carbocycles. The first-order valence-corrected chi connectivity index (χ1v) is 8.48. The van der Waals surface area contributed by atoms with Crippen LogP contribution in [-0.2, 0) is 29.8 Å². The SMILES string of the molecule is O=c1cc(CN2Cc3ccccc3C2)occ1OS(=O)(=O)C(F)(F)F. The van der Waals surface area contributed by atoms with Crippen molar-refractivity contribution < 1.29 is 30.2 Å². The molecule has 2 aromatic rings. The third-order valence-corrected chi connectivity index (χ3v) is 4.59. The van der Waals surface area contributed by atoms with E-state index in [1.54, 1.807) is 0 Å². The van der Waals surface area contributed by atoms with Crippen molar-refractivity contribution in [2.75, 3.05) is 0 Å². The fraction of sp³-hybridized carbons (Fsp3) is 0.267. The summed E-state index contributed by atoms with van der Waals surface area (Å²) in [4.78, 5) is 13.8. The maximum Gasteiger partial charge on any atom is 0.534 e. The van der Waals surface area contributed by atoms with E-state index in [0.717, 1.165) is 17.2 Å². The lowest BCUT2D eigenvalue weighted by atomic mass is 10.1. The molecule has 0 N–H and O–H groups in total. The first kappa shape index (κ1) is 17.5. The fourth-order valence-corrected chi connectivity index (χ4v) is 2.94. The zero-order valence-corrected chi connectivity index (χ0v) is 13.4. The normalized spacial score (nSPS) is 15.2. The van der Waals surface area contributed by atoms with Crippen molar-refractivity contribution in [1.82, 2.24) is 4.90 Å². The lowest BCUT2D eigenvalue weighted by Crippen LogP contribution is -2.29. The second kappa shape index (κ2) is 6.19. The van der Waals surface area contributed by atoms with Crippen molar-refractivity contribution in [3.63, 3.8) is 0 Å². The molecule has 0 spiro atoms. The van der Waals surface area contributed by atoms with E-state index in [1.807, 2.05) is 29.2 Å². The van der Waals surface area contributed by atoms with Crippen molar-refractivity contribution in [3.8, 4) is 5.75 Å². The molecular formula is C15H12F3NO5S. The average molecular weight is 375 g/mol. The molecule has 3 rings (SSSR count). The van der Waals surface area contributed by atoms with Gasteiger partial charge in [-0.3, -0.25) is 9.69 Å². The second-order valence-electron chi connectivity index (χ2n) is 5.47. The smallest absolute Gasteiger partial charge is 0.464 e. The highest BCUT2D eigenvalue weighted by Gasteiger charge is 2.49. The Morgan fingerprint density at radius 2 is 1.76 bits per heavy atom. The standard InChI is InChI=1S/C15H12F3NO5S/c16-15(17,18)25(21,22)24-14-9-23-12(5-13(14)20)8-19-6-10-3-1-2-4-11(10)7-19/h1-5,9H,6-8H2. The van der Waals surface area contributed by atoms with Crippen LogP contribution in [-0.4, -0.2) is 18.8 Å². The fourth-order valence-electron chi connectivity index (χ4n) is 2.48. The molecule has 1 aromatic carbocycles. The van der Waals surface area contributed by atoms with Gasteiger partial charge in [0.1, 0.15) is 12.0 Å². The third-order valence-electron chi connectivity index (χ3n) is 3.62. The van der Waals surface area contributed by atoms with Gasteiger partial charge in [0.15, 0.2) is 0 Å². The van der Waals surface area contributed by atoms with Gasteiger partial charge in [0.25, 0.3) is 0 Å². The van der Waals surface area contributed by atoms with Crippen molar-refractivity contribution in [2.24, 2.45) is 0 Å². The summed E-state index contributed by atoms with van der Waals surface area (Å²) in [6, 6.07) is 8.70. The minimum Gasteiger partial charge on any atom is -0.464 e. The summed E-state index contributed by atoms with van der Waals surface area (Å²) in [6.07, 6.45) is 0.574. The van der Waals surface area contributed by atoms with Crippen LogP contribution in [0.3, 0.4) is 0 Å². The Morgan fingerprint density at radius 3 is 2.28 bits per heavy atom. The molecule has 0 unspecified atom stereocenters. The van der Waals surface area contributed by atoms with Gasteiger partial charge in [0.2, 0.25) is 11.2 Å². The molecular weight excluding hydrogens is 363 g/mol. The van der Waals surface area contributed by atoms with Gasteiger partial charge >= 0.3 is 15.6 Å². The summed E-state index contributed by atoms with van der Waals surface area (Å²) >= 11 is 0. The number of halogens is 3. The zero-order chi connectivity index (χ0) is 18.2. The number of benzene rings is 1. The average Bonchev–Trinajstić information content (AvgIpc) is 2.91. The molecule has 0 amide bonds. The van der Waals surface area contributed by atoms with Crippen LogP contribution in [0.25, 0.3) is 0 Å². The van der Waals surface area contributed by atoms with Gasteiger partial charge in [-0.2, -0.15) is 21.6 Å². The van der Waals surface area contributed by atoms with E-state index in [4.69, 9.17) is 4.42 Å². The minimum absolute atomic E-state index is 0.189. The van der Waals surface area contributed by atoms with Crippen molar-refractivity contribution in [2.45, 2.75) is 25.1 Å². The van der Waals surface area contributed by atoms with Crippen LogP contribution < -0.4 is 9.61 Å². The van der Waals surface area contributed by atoms with Gasteiger partial charge in [0.05, 0.1) is 6.54 Å². The number of rotatable bonds is 4. The summed E-state index contributed by atoms with van der Waals surface area (Å²) in [7, 11) is -5.92. The summed E-state index contributed by atoms with van der Waals surface area (Å²) in [5.41, 5.74) is -4.35. The lowest BCUT2D eigenvalue weighted by Gasteiger charge is -2.14. The molecule has 10 heteroatoms. The molecule has 0 saturated heterocycles. The van der Waals surface area contributed by atoms with Crippen LogP contribution in [0, 0.1) is 0 Å². The molecule has 0 atom stereocenters. The first-order valence-electron chi connectivity index (χ1n) is 7.07. The van der Waals surface area contributed by atoms with E-state index in [2.05, 4.69) is 4.18 Å².